The fraction of sp³-hybridized carbons (Fsp3) is 0.280. The van der Waals surface area contributed by atoms with Crippen molar-refractivity contribution < 1.29 is 18.7 Å². The van der Waals surface area contributed by atoms with Gasteiger partial charge in [-0.2, -0.15) is 0 Å². The second-order valence-corrected chi connectivity index (χ2v) is 7.33. The molecule has 0 spiro atoms. The summed E-state index contributed by atoms with van der Waals surface area (Å²) >= 11 is 0. The number of aromatic nitrogens is 1. The molecule has 0 atom stereocenters. The molecule has 1 aromatic heterocycles. The maximum atomic E-state index is 13.1. The van der Waals surface area contributed by atoms with Crippen LogP contribution in [0.2, 0.25) is 0 Å². The third-order valence-corrected chi connectivity index (χ3v) is 5.28. The molecule has 0 saturated heterocycles. The van der Waals surface area contributed by atoms with Crippen LogP contribution in [0.5, 0.6) is 5.75 Å². The van der Waals surface area contributed by atoms with Gasteiger partial charge in [0, 0.05) is 35.5 Å². The first-order valence-corrected chi connectivity index (χ1v) is 10.1. The molecule has 0 radical (unpaired) electrons. The van der Waals surface area contributed by atoms with E-state index in [9.17, 15) is 14.0 Å². The van der Waals surface area contributed by atoms with Crippen LogP contribution in [0.15, 0.2) is 54.6 Å². The molecule has 2 aromatic carbocycles. The van der Waals surface area contributed by atoms with Crippen LogP contribution in [0.1, 0.15) is 51.0 Å². The lowest BCUT2D eigenvalue weighted by Gasteiger charge is -2.10. The maximum Gasteiger partial charge on any atom is 0.202 e. The first kappa shape index (κ1) is 21.5. The summed E-state index contributed by atoms with van der Waals surface area (Å²) in [6, 6.07) is 15.2. The number of rotatable bonds is 9. The Labute approximate surface area is 176 Å². The zero-order chi connectivity index (χ0) is 21.7. The van der Waals surface area contributed by atoms with Crippen LogP contribution in [0.4, 0.5) is 4.39 Å². The molecule has 0 bridgehead atoms. The van der Waals surface area contributed by atoms with E-state index >= 15 is 0 Å². The van der Waals surface area contributed by atoms with Crippen molar-refractivity contribution in [3.8, 4) is 5.75 Å². The topological polar surface area (TPSA) is 48.3 Å². The van der Waals surface area contributed by atoms with Crippen molar-refractivity contribution >= 4 is 11.6 Å². The second-order valence-electron chi connectivity index (χ2n) is 7.33. The Hall–Kier alpha value is -3.21. The zero-order valence-electron chi connectivity index (χ0n) is 17.6. The Morgan fingerprint density at radius 3 is 2.27 bits per heavy atom. The van der Waals surface area contributed by atoms with Gasteiger partial charge in [-0.1, -0.05) is 19.1 Å². The number of hydrogen-bond acceptors (Lipinski definition) is 3. The highest BCUT2D eigenvalue weighted by molar-refractivity contribution is 5.98. The predicted octanol–water partition coefficient (Wildman–Crippen LogP) is 5.34. The minimum absolute atomic E-state index is 0.0661. The van der Waals surface area contributed by atoms with Crippen molar-refractivity contribution in [1.29, 1.82) is 0 Å². The average molecular weight is 407 g/mol. The molecule has 1 heterocycles. The first-order valence-electron chi connectivity index (χ1n) is 10.1. The van der Waals surface area contributed by atoms with Crippen LogP contribution in [-0.2, 0) is 13.0 Å². The number of Topliss-reactive ketones (excluding diaryl/α,β-unsaturated/α-hetero) is 2. The summed E-state index contributed by atoms with van der Waals surface area (Å²) in [5.74, 6) is 0.295. The standard InChI is InChI=1S/C25H26FNO3/c1-4-24(28)20-7-11-22(12-8-20)30-16-25(29)23-15-17(2)27(18(23)3)14-13-19-5-9-21(26)10-6-19/h5-12,15H,4,13-14,16H2,1-3H3. The van der Waals surface area contributed by atoms with Gasteiger partial charge in [0.15, 0.2) is 12.4 Å². The lowest BCUT2D eigenvalue weighted by molar-refractivity contribution is 0.0919. The highest BCUT2D eigenvalue weighted by atomic mass is 19.1. The Kier molecular flexibility index (Phi) is 6.83. The average Bonchev–Trinajstić information content (AvgIpc) is 3.05. The van der Waals surface area contributed by atoms with Crippen LogP contribution in [0, 0.1) is 19.7 Å². The van der Waals surface area contributed by atoms with Crippen molar-refractivity contribution in [3.63, 3.8) is 0 Å². The number of carbonyl (C=O) groups is 2. The second kappa shape index (κ2) is 9.53. The summed E-state index contributed by atoms with van der Waals surface area (Å²) in [4.78, 5) is 24.4. The summed E-state index contributed by atoms with van der Waals surface area (Å²) in [6.45, 7) is 6.37. The van der Waals surface area contributed by atoms with Gasteiger partial charge in [-0.15, -0.1) is 0 Å². The highest BCUT2D eigenvalue weighted by Crippen LogP contribution is 2.19. The number of hydrogen-bond donors (Lipinski definition) is 0. The summed E-state index contributed by atoms with van der Waals surface area (Å²) in [6.07, 6.45) is 1.21. The Balaban J connectivity index is 1.62. The molecule has 3 aromatic rings. The minimum atomic E-state index is -0.244. The van der Waals surface area contributed by atoms with E-state index in [2.05, 4.69) is 4.57 Å². The number of carbonyl (C=O) groups excluding carboxylic acids is 2. The highest BCUT2D eigenvalue weighted by Gasteiger charge is 2.16. The van der Waals surface area contributed by atoms with Crippen molar-refractivity contribution in [1.82, 2.24) is 4.57 Å². The molecule has 0 N–H and O–H groups in total. The van der Waals surface area contributed by atoms with Crippen LogP contribution in [0.25, 0.3) is 0 Å². The number of nitrogens with zero attached hydrogens (tertiary/aromatic N) is 1. The van der Waals surface area contributed by atoms with Crippen molar-refractivity contribution in [3.05, 3.63) is 88.5 Å². The smallest absolute Gasteiger partial charge is 0.202 e. The van der Waals surface area contributed by atoms with Gasteiger partial charge in [-0.25, -0.2) is 4.39 Å². The quantitative estimate of drug-likeness (QED) is 0.450. The van der Waals surface area contributed by atoms with Crippen LogP contribution in [0.3, 0.4) is 0 Å². The number of halogens is 1. The summed E-state index contributed by atoms with van der Waals surface area (Å²) in [7, 11) is 0. The molecule has 5 heteroatoms. The normalized spacial score (nSPS) is 10.8. The first-order chi connectivity index (χ1) is 14.4. The van der Waals surface area contributed by atoms with E-state index in [1.165, 1.54) is 12.1 Å². The van der Waals surface area contributed by atoms with Gasteiger partial charge in [0.1, 0.15) is 11.6 Å². The number of ether oxygens (including phenoxy) is 1. The SMILES string of the molecule is CCC(=O)c1ccc(OCC(=O)c2cc(C)n(CCc3ccc(F)cc3)c2C)cc1. The Morgan fingerprint density at radius 1 is 0.967 bits per heavy atom. The largest absolute Gasteiger partial charge is 0.485 e. The monoisotopic (exact) mass is 407 g/mol. The van der Waals surface area contributed by atoms with E-state index in [-0.39, 0.29) is 24.0 Å². The maximum absolute atomic E-state index is 13.1. The van der Waals surface area contributed by atoms with Crippen LogP contribution < -0.4 is 4.74 Å². The molecule has 156 valence electrons. The summed E-state index contributed by atoms with van der Waals surface area (Å²) in [5, 5.41) is 0. The van der Waals surface area contributed by atoms with Crippen molar-refractivity contribution in [2.24, 2.45) is 0 Å². The van der Waals surface area contributed by atoms with E-state index in [1.54, 1.807) is 36.4 Å². The molecule has 0 aliphatic carbocycles. The molecular formula is C25H26FNO3. The van der Waals surface area contributed by atoms with Gasteiger partial charge < -0.3 is 9.30 Å². The molecular weight excluding hydrogens is 381 g/mol. The van der Waals surface area contributed by atoms with E-state index in [4.69, 9.17) is 4.74 Å². The lowest BCUT2D eigenvalue weighted by Crippen LogP contribution is -2.13. The van der Waals surface area contributed by atoms with E-state index in [1.807, 2.05) is 26.8 Å². The van der Waals surface area contributed by atoms with Gasteiger partial charge in [0.25, 0.3) is 0 Å². The van der Waals surface area contributed by atoms with Crippen LogP contribution in [-0.4, -0.2) is 22.7 Å². The number of ketones is 2. The third kappa shape index (κ3) is 5.03. The Bertz CT molecular complexity index is 1030. The van der Waals surface area contributed by atoms with E-state index in [0.717, 1.165) is 23.4 Å². The molecule has 4 nitrogen and oxygen atoms in total. The van der Waals surface area contributed by atoms with Crippen LogP contribution >= 0.6 is 0 Å². The zero-order valence-corrected chi connectivity index (χ0v) is 17.6. The Morgan fingerprint density at radius 2 is 1.63 bits per heavy atom. The molecule has 30 heavy (non-hydrogen) atoms. The van der Waals surface area contributed by atoms with Gasteiger partial charge in [-0.3, -0.25) is 9.59 Å². The number of aryl methyl sites for hydroxylation is 2. The summed E-state index contributed by atoms with van der Waals surface area (Å²) in [5.41, 5.74) is 4.22. The fourth-order valence-corrected chi connectivity index (χ4v) is 3.49. The lowest BCUT2D eigenvalue weighted by atomic mass is 10.1. The van der Waals surface area contributed by atoms with Gasteiger partial charge >= 0.3 is 0 Å². The van der Waals surface area contributed by atoms with Crippen molar-refractivity contribution in [2.45, 2.75) is 40.2 Å². The fourth-order valence-electron chi connectivity index (χ4n) is 3.49. The molecule has 0 aliphatic rings. The molecule has 0 amide bonds. The molecule has 0 saturated carbocycles. The molecule has 3 rings (SSSR count). The molecule has 0 unspecified atom stereocenters. The molecule has 0 aliphatic heterocycles. The third-order valence-electron chi connectivity index (χ3n) is 5.28. The van der Waals surface area contributed by atoms with Gasteiger partial charge in [0.2, 0.25) is 5.78 Å². The number of benzene rings is 2. The van der Waals surface area contributed by atoms with Gasteiger partial charge in [-0.05, 0) is 68.3 Å². The molecule has 0 fully saturated rings. The summed E-state index contributed by atoms with van der Waals surface area (Å²) < 4.78 is 20.8. The van der Waals surface area contributed by atoms with E-state index in [0.29, 0.717) is 29.8 Å². The van der Waals surface area contributed by atoms with Crippen molar-refractivity contribution in [2.75, 3.05) is 6.61 Å². The predicted molar refractivity (Wildman–Crippen MR) is 115 cm³/mol. The van der Waals surface area contributed by atoms with Gasteiger partial charge in [0.05, 0.1) is 0 Å². The minimum Gasteiger partial charge on any atom is -0.485 e. The van der Waals surface area contributed by atoms with E-state index < -0.39 is 0 Å².